The zero-order chi connectivity index (χ0) is 14.9. The Morgan fingerprint density at radius 1 is 1.21 bits per heavy atom. The van der Waals surface area contributed by atoms with Gasteiger partial charge in [0.2, 0.25) is 0 Å². The van der Waals surface area contributed by atoms with Gasteiger partial charge in [0, 0.05) is 32.8 Å². The number of hydrogen-bond donors (Lipinski definition) is 1. The Balaban J connectivity index is 4.34. The maximum absolute atomic E-state index is 11.9. The Bertz CT molecular complexity index is 258. The highest BCUT2D eigenvalue weighted by atomic mass is 16.5. The maximum Gasteiger partial charge on any atom is 0.325 e. The van der Waals surface area contributed by atoms with Crippen LogP contribution in [0.25, 0.3) is 0 Å². The molecule has 0 bridgehead atoms. The van der Waals surface area contributed by atoms with E-state index in [1.807, 2.05) is 27.7 Å². The van der Waals surface area contributed by atoms with Gasteiger partial charge in [0.05, 0.1) is 13.2 Å². The molecule has 0 saturated carbocycles. The highest BCUT2D eigenvalue weighted by Crippen LogP contribution is 2.17. The van der Waals surface area contributed by atoms with Gasteiger partial charge in [-0.3, -0.25) is 10.1 Å². The number of hydrogen-bond acceptors (Lipinski definition) is 5. The van der Waals surface area contributed by atoms with Gasteiger partial charge in [-0.25, -0.2) is 0 Å². The van der Waals surface area contributed by atoms with Crippen LogP contribution in [0.1, 0.15) is 40.5 Å². The van der Waals surface area contributed by atoms with Gasteiger partial charge < -0.3 is 14.2 Å². The fourth-order valence-corrected chi connectivity index (χ4v) is 2.19. The van der Waals surface area contributed by atoms with Gasteiger partial charge in [-0.1, -0.05) is 0 Å². The fourth-order valence-electron chi connectivity index (χ4n) is 2.19. The summed E-state index contributed by atoms with van der Waals surface area (Å²) in [5.41, 5.74) is -0.719. The van der Waals surface area contributed by atoms with Crippen molar-refractivity contribution >= 4 is 5.97 Å². The number of rotatable bonds is 10. The molecule has 5 heteroatoms. The second-order valence-electron chi connectivity index (χ2n) is 5.35. The third kappa shape index (κ3) is 7.50. The standard InChI is InChI=1S/C14H29NO4/c1-11(2)15-14(4,13(16)18-6)10-12(3)19-9-7-8-17-5/h11-12,15H,7-10H2,1-6H3. The first-order valence-electron chi connectivity index (χ1n) is 6.82. The van der Waals surface area contributed by atoms with E-state index in [0.29, 0.717) is 19.6 Å². The van der Waals surface area contributed by atoms with E-state index in [-0.39, 0.29) is 18.1 Å². The summed E-state index contributed by atoms with van der Waals surface area (Å²) in [6, 6.07) is 0.199. The average Bonchev–Trinajstić information content (AvgIpc) is 2.32. The predicted octanol–water partition coefficient (Wildman–Crippen LogP) is 1.75. The summed E-state index contributed by atoms with van der Waals surface area (Å²) in [4.78, 5) is 11.9. The molecular weight excluding hydrogens is 246 g/mol. The van der Waals surface area contributed by atoms with Crippen molar-refractivity contribution in [2.45, 2.75) is 58.2 Å². The van der Waals surface area contributed by atoms with Crippen molar-refractivity contribution in [1.82, 2.24) is 5.32 Å². The summed E-state index contributed by atoms with van der Waals surface area (Å²) in [5.74, 6) is -0.256. The van der Waals surface area contributed by atoms with E-state index in [4.69, 9.17) is 14.2 Å². The Labute approximate surface area is 117 Å². The van der Waals surface area contributed by atoms with Crippen LogP contribution in [0, 0.1) is 0 Å². The zero-order valence-electron chi connectivity index (χ0n) is 13.1. The summed E-state index contributed by atoms with van der Waals surface area (Å²) >= 11 is 0. The predicted molar refractivity (Wildman–Crippen MR) is 75.2 cm³/mol. The Hall–Kier alpha value is -0.650. The molecule has 1 N–H and O–H groups in total. The lowest BCUT2D eigenvalue weighted by atomic mass is 9.93. The molecule has 0 fully saturated rings. The van der Waals surface area contributed by atoms with Crippen molar-refractivity contribution in [3.63, 3.8) is 0 Å². The van der Waals surface area contributed by atoms with Crippen molar-refractivity contribution in [2.75, 3.05) is 27.4 Å². The third-order valence-corrected chi connectivity index (χ3v) is 2.83. The third-order valence-electron chi connectivity index (χ3n) is 2.83. The van der Waals surface area contributed by atoms with Crippen LogP contribution in [0.15, 0.2) is 0 Å². The van der Waals surface area contributed by atoms with Crippen molar-refractivity contribution in [3.8, 4) is 0 Å². The first-order valence-corrected chi connectivity index (χ1v) is 6.82. The minimum absolute atomic E-state index is 0.0211. The molecule has 0 radical (unpaired) electrons. The molecule has 5 nitrogen and oxygen atoms in total. The minimum Gasteiger partial charge on any atom is -0.468 e. The van der Waals surface area contributed by atoms with E-state index in [9.17, 15) is 4.79 Å². The average molecular weight is 275 g/mol. The largest absolute Gasteiger partial charge is 0.468 e. The van der Waals surface area contributed by atoms with Crippen LogP contribution in [0.4, 0.5) is 0 Å². The minimum atomic E-state index is -0.719. The second kappa shape index (κ2) is 9.28. The normalized spacial score (nSPS) is 16.2. The molecule has 0 amide bonds. The lowest BCUT2D eigenvalue weighted by Crippen LogP contribution is -2.54. The van der Waals surface area contributed by atoms with E-state index in [1.165, 1.54) is 7.11 Å². The van der Waals surface area contributed by atoms with Gasteiger partial charge in [-0.05, 0) is 34.1 Å². The van der Waals surface area contributed by atoms with E-state index < -0.39 is 5.54 Å². The summed E-state index contributed by atoms with van der Waals surface area (Å²) in [6.07, 6.45) is 1.41. The SMILES string of the molecule is COCCCOC(C)CC(C)(NC(C)C)C(=O)OC. The van der Waals surface area contributed by atoms with Crippen LogP contribution in [0.3, 0.4) is 0 Å². The molecule has 2 atom stereocenters. The van der Waals surface area contributed by atoms with Crippen LogP contribution < -0.4 is 5.32 Å². The lowest BCUT2D eigenvalue weighted by Gasteiger charge is -2.32. The van der Waals surface area contributed by atoms with Crippen LogP contribution in [0.5, 0.6) is 0 Å². The zero-order valence-corrected chi connectivity index (χ0v) is 13.1. The Kier molecular flexibility index (Phi) is 8.97. The van der Waals surface area contributed by atoms with Crippen molar-refractivity contribution in [2.24, 2.45) is 0 Å². The number of carbonyl (C=O) groups is 1. The molecule has 0 heterocycles. The molecular formula is C14H29NO4. The van der Waals surface area contributed by atoms with Gasteiger partial charge in [0.25, 0.3) is 0 Å². The van der Waals surface area contributed by atoms with Gasteiger partial charge in [0.1, 0.15) is 5.54 Å². The smallest absolute Gasteiger partial charge is 0.325 e. The molecule has 0 aliphatic heterocycles. The molecule has 0 aromatic carbocycles. The lowest BCUT2D eigenvalue weighted by molar-refractivity contribution is -0.150. The molecule has 19 heavy (non-hydrogen) atoms. The Morgan fingerprint density at radius 3 is 2.32 bits per heavy atom. The summed E-state index contributed by atoms with van der Waals surface area (Å²) in [7, 11) is 3.08. The quantitative estimate of drug-likeness (QED) is 0.486. The topological polar surface area (TPSA) is 56.8 Å². The number of ether oxygens (including phenoxy) is 3. The van der Waals surface area contributed by atoms with Crippen LogP contribution in [-0.4, -0.2) is 51.1 Å². The van der Waals surface area contributed by atoms with Gasteiger partial charge in [-0.15, -0.1) is 0 Å². The highest BCUT2D eigenvalue weighted by molar-refractivity contribution is 5.80. The second-order valence-corrected chi connectivity index (χ2v) is 5.35. The van der Waals surface area contributed by atoms with Gasteiger partial charge >= 0.3 is 5.97 Å². The van der Waals surface area contributed by atoms with E-state index in [2.05, 4.69) is 5.32 Å². The van der Waals surface area contributed by atoms with Crippen LogP contribution >= 0.6 is 0 Å². The molecule has 0 spiro atoms. The highest BCUT2D eigenvalue weighted by Gasteiger charge is 2.36. The molecule has 0 saturated heterocycles. The number of methoxy groups -OCH3 is 2. The van der Waals surface area contributed by atoms with Gasteiger partial charge in [-0.2, -0.15) is 0 Å². The summed E-state index contributed by atoms with van der Waals surface area (Å²) in [5, 5.41) is 3.26. The number of esters is 1. The first-order chi connectivity index (χ1) is 8.85. The van der Waals surface area contributed by atoms with E-state index in [1.54, 1.807) is 7.11 Å². The van der Waals surface area contributed by atoms with E-state index in [0.717, 1.165) is 6.42 Å². The Morgan fingerprint density at radius 2 is 1.84 bits per heavy atom. The van der Waals surface area contributed by atoms with Crippen molar-refractivity contribution < 1.29 is 19.0 Å². The van der Waals surface area contributed by atoms with Crippen molar-refractivity contribution in [1.29, 1.82) is 0 Å². The van der Waals surface area contributed by atoms with Gasteiger partial charge in [0.15, 0.2) is 0 Å². The first kappa shape index (κ1) is 18.4. The molecule has 0 aromatic rings. The van der Waals surface area contributed by atoms with E-state index >= 15 is 0 Å². The summed E-state index contributed by atoms with van der Waals surface area (Å²) in [6.45, 7) is 9.15. The molecule has 0 rings (SSSR count). The molecule has 0 aliphatic carbocycles. The van der Waals surface area contributed by atoms with Crippen LogP contribution in [-0.2, 0) is 19.0 Å². The number of nitrogens with one attached hydrogen (secondary N) is 1. The van der Waals surface area contributed by atoms with Crippen LogP contribution in [0.2, 0.25) is 0 Å². The maximum atomic E-state index is 11.9. The monoisotopic (exact) mass is 275 g/mol. The fraction of sp³-hybridized carbons (Fsp3) is 0.929. The van der Waals surface area contributed by atoms with Crippen molar-refractivity contribution in [3.05, 3.63) is 0 Å². The number of carbonyl (C=O) groups excluding carboxylic acids is 1. The summed E-state index contributed by atoms with van der Waals surface area (Å²) < 4.78 is 15.5. The molecule has 2 unspecified atom stereocenters. The molecule has 0 aliphatic rings. The molecule has 0 aromatic heterocycles. The molecule has 114 valence electrons.